The molecule has 2 aliphatic heterocycles. The number of amides is 1. The van der Waals surface area contributed by atoms with Gasteiger partial charge >= 0.3 is 0 Å². The molecule has 2 heterocycles. The number of hydrogen-bond acceptors (Lipinski definition) is 3. The number of nitrogens with one attached hydrogen (secondary N) is 1. The molecule has 1 N–H and O–H groups in total. The Morgan fingerprint density at radius 1 is 1.30 bits per heavy atom. The zero-order valence-electron chi connectivity index (χ0n) is 12.1. The van der Waals surface area contributed by atoms with Crippen LogP contribution in [0.5, 0.6) is 0 Å². The van der Waals surface area contributed by atoms with Gasteiger partial charge in [-0.25, -0.2) is 0 Å². The van der Waals surface area contributed by atoms with Crippen molar-refractivity contribution in [1.82, 2.24) is 4.90 Å². The molecule has 0 radical (unpaired) electrons. The van der Waals surface area contributed by atoms with Gasteiger partial charge in [0.25, 0.3) is 0 Å². The van der Waals surface area contributed by atoms with E-state index in [2.05, 4.69) is 29.4 Å². The van der Waals surface area contributed by atoms with E-state index in [-0.39, 0.29) is 5.91 Å². The first kappa shape index (κ1) is 14.0. The van der Waals surface area contributed by atoms with Gasteiger partial charge < -0.3 is 10.2 Å². The summed E-state index contributed by atoms with van der Waals surface area (Å²) in [5.41, 5.74) is 0.901. The molecule has 0 aromatic heterocycles. The smallest absolute Gasteiger partial charge is 0.221 e. The highest BCUT2D eigenvalue weighted by Crippen LogP contribution is 2.41. The Morgan fingerprint density at radius 2 is 2.00 bits per heavy atom. The van der Waals surface area contributed by atoms with E-state index in [4.69, 9.17) is 0 Å². The number of rotatable bonds is 3. The van der Waals surface area contributed by atoms with Crippen LogP contribution in [-0.2, 0) is 4.79 Å². The molecule has 2 saturated heterocycles. The molecule has 4 heteroatoms. The summed E-state index contributed by atoms with van der Waals surface area (Å²) in [6.07, 6.45) is 5.32. The molecule has 1 aromatic rings. The van der Waals surface area contributed by atoms with E-state index >= 15 is 0 Å². The zero-order valence-corrected chi connectivity index (χ0v) is 13.0. The van der Waals surface area contributed by atoms with E-state index in [1.807, 2.05) is 23.9 Å². The molecule has 1 amide bonds. The minimum Gasteiger partial charge on any atom is -0.326 e. The molecule has 0 aliphatic carbocycles. The molecule has 3 rings (SSSR count). The lowest BCUT2D eigenvalue weighted by Crippen LogP contribution is -2.40. The number of nitrogens with zero attached hydrogens (tertiary/aromatic N) is 1. The lowest BCUT2D eigenvalue weighted by molar-refractivity contribution is -0.114. The van der Waals surface area contributed by atoms with Crippen LogP contribution >= 0.6 is 11.8 Å². The monoisotopic (exact) mass is 290 g/mol. The number of fused-ring (bicyclic) bond motifs is 2. The molecule has 1 aromatic carbocycles. The molecule has 3 nitrogen and oxygen atoms in total. The van der Waals surface area contributed by atoms with Gasteiger partial charge in [-0.15, -0.1) is 11.8 Å². The summed E-state index contributed by atoms with van der Waals surface area (Å²) >= 11 is 1.98. The summed E-state index contributed by atoms with van der Waals surface area (Å²) in [5.74, 6) is -0.00974. The van der Waals surface area contributed by atoms with Crippen molar-refractivity contribution in [2.24, 2.45) is 0 Å². The Labute approximate surface area is 125 Å². The van der Waals surface area contributed by atoms with Gasteiger partial charge in [0.1, 0.15) is 0 Å². The van der Waals surface area contributed by atoms with Crippen molar-refractivity contribution in [3.63, 3.8) is 0 Å². The number of hydrogen-bond donors (Lipinski definition) is 1. The number of carbonyl (C=O) groups excluding carboxylic acids is 1. The minimum absolute atomic E-state index is 0.00974. The summed E-state index contributed by atoms with van der Waals surface area (Å²) in [4.78, 5) is 15.0. The predicted molar refractivity (Wildman–Crippen MR) is 84.2 cm³/mol. The Kier molecular flexibility index (Phi) is 4.03. The zero-order chi connectivity index (χ0) is 14.1. The van der Waals surface area contributed by atoms with Crippen LogP contribution in [0.25, 0.3) is 0 Å². The quantitative estimate of drug-likeness (QED) is 0.926. The minimum atomic E-state index is -0.00974. The highest BCUT2D eigenvalue weighted by atomic mass is 32.2. The lowest BCUT2D eigenvalue weighted by atomic mass is 10.0. The summed E-state index contributed by atoms with van der Waals surface area (Å²) in [6.45, 7) is 1.55. The maximum Gasteiger partial charge on any atom is 0.221 e. The average Bonchev–Trinajstić information content (AvgIpc) is 2.61. The number of piperidine rings is 1. The predicted octanol–water partition coefficient (Wildman–Crippen LogP) is 3.36. The maximum absolute atomic E-state index is 11.1. The van der Waals surface area contributed by atoms with Crippen molar-refractivity contribution >= 4 is 23.4 Å². The molecule has 20 heavy (non-hydrogen) atoms. The summed E-state index contributed by atoms with van der Waals surface area (Å²) in [5, 5.41) is 3.58. The van der Waals surface area contributed by atoms with Crippen molar-refractivity contribution < 1.29 is 4.79 Å². The number of benzene rings is 1. The van der Waals surface area contributed by atoms with Gasteiger partial charge in [-0.1, -0.05) is 6.07 Å². The normalized spacial score (nSPS) is 29.4. The first-order valence-corrected chi connectivity index (χ1v) is 8.26. The van der Waals surface area contributed by atoms with E-state index < -0.39 is 0 Å². The molecule has 2 aliphatic rings. The molecule has 0 saturated carbocycles. The van der Waals surface area contributed by atoms with E-state index in [0.29, 0.717) is 0 Å². The van der Waals surface area contributed by atoms with E-state index in [1.54, 1.807) is 6.92 Å². The van der Waals surface area contributed by atoms with Crippen LogP contribution in [-0.4, -0.2) is 35.2 Å². The standard InChI is InChI=1S/C16H22N2OS/c1-11(19)17-12-4-3-5-15(8-12)20-16-9-13-6-7-14(10-16)18(13)2/h3-5,8,13-14,16H,6-7,9-10H2,1-2H3,(H,17,19). The Bertz CT molecular complexity index is 491. The second kappa shape index (κ2) is 5.78. The van der Waals surface area contributed by atoms with Crippen LogP contribution in [0, 0.1) is 0 Å². The largest absolute Gasteiger partial charge is 0.326 e. The maximum atomic E-state index is 11.1. The fraction of sp³-hybridized carbons (Fsp3) is 0.562. The molecule has 0 spiro atoms. The molecule has 2 unspecified atom stereocenters. The highest BCUT2D eigenvalue weighted by molar-refractivity contribution is 8.00. The van der Waals surface area contributed by atoms with Crippen molar-refractivity contribution in [1.29, 1.82) is 0 Å². The molecular formula is C16H22N2OS. The second-order valence-corrected chi connectivity index (χ2v) is 7.34. The lowest BCUT2D eigenvalue weighted by Gasteiger charge is -2.36. The van der Waals surface area contributed by atoms with Crippen LogP contribution in [0.2, 0.25) is 0 Å². The first-order valence-electron chi connectivity index (χ1n) is 7.38. The third kappa shape index (κ3) is 3.01. The van der Waals surface area contributed by atoms with Crippen LogP contribution in [0.15, 0.2) is 29.2 Å². The molecule has 2 atom stereocenters. The first-order chi connectivity index (χ1) is 9.61. The van der Waals surface area contributed by atoms with Gasteiger partial charge in [-0.3, -0.25) is 4.79 Å². The van der Waals surface area contributed by atoms with Gasteiger partial charge in [-0.2, -0.15) is 0 Å². The molecular weight excluding hydrogens is 268 g/mol. The molecule has 108 valence electrons. The van der Waals surface area contributed by atoms with Gasteiger partial charge in [0.15, 0.2) is 0 Å². The topological polar surface area (TPSA) is 32.3 Å². The number of thioether (sulfide) groups is 1. The van der Waals surface area contributed by atoms with Crippen LogP contribution in [0.3, 0.4) is 0 Å². The number of carbonyl (C=O) groups is 1. The SMILES string of the molecule is CC(=O)Nc1cccc(SC2CC3CCC(C2)N3C)c1. The summed E-state index contributed by atoms with van der Waals surface area (Å²) in [7, 11) is 2.28. The van der Waals surface area contributed by atoms with Crippen molar-refractivity contribution in [3.05, 3.63) is 24.3 Å². The highest BCUT2D eigenvalue weighted by Gasteiger charge is 2.38. The van der Waals surface area contributed by atoms with Crippen LogP contribution < -0.4 is 5.32 Å². The van der Waals surface area contributed by atoms with Crippen molar-refractivity contribution in [2.45, 2.75) is 54.8 Å². The van der Waals surface area contributed by atoms with Gasteiger partial charge in [0.2, 0.25) is 5.91 Å². The Balaban J connectivity index is 1.65. The van der Waals surface area contributed by atoms with E-state index in [1.165, 1.54) is 30.6 Å². The van der Waals surface area contributed by atoms with Crippen molar-refractivity contribution in [3.8, 4) is 0 Å². The third-order valence-electron chi connectivity index (χ3n) is 4.51. The summed E-state index contributed by atoms with van der Waals surface area (Å²) < 4.78 is 0. The van der Waals surface area contributed by atoms with Gasteiger partial charge in [0.05, 0.1) is 0 Å². The van der Waals surface area contributed by atoms with Crippen LogP contribution in [0.4, 0.5) is 5.69 Å². The average molecular weight is 290 g/mol. The second-order valence-electron chi connectivity index (χ2n) is 5.97. The third-order valence-corrected chi connectivity index (χ3v) is 5.76. The van der Waals surface area contributed by atoms with Crippen molar-refractivity contribution in [2.75, 3.05) is 12.4 Å². The Morgan fingerprint density at radius 3 is 2.65 bits per heavy atom. The van der Waals surface area contributed by atoms with E-state index in [0.717, 1.165) is 23.0 Å². The number of anilines is 1. The Hall–Kier alpha value is -1.00. The fourth-order valence-corrected chi connectivity index (χ4v) is 4.87. The van der Waals surface area contributed by atoms with E-state index in [9.17, 15) is 4.79 Å². The summed E-state index contributed by atoms with van der Waals surface area (Å²) in [6, 6.07) is 9.78. The van der Waals surface area contributed by atoms with Gasteiger partial charge in [0, 0.05) is 34.8 Å². The van der Waals surface area contributed by atoms with Crippen LogP contribution in [0.1, 0.15) is 32.6 Å². The molecule has 2 bridgehead atoms. The van der Waals surface area contributed by atoms with Gasteiger partial charge in [-0.05, 0) is 50.9 Å². The fourth-order valence-electron chi connectivity index (χ4n) is 3.50. The molecule has 2 fully saturated rings.